The molecule has 11 heteroatoms. The summed E-state index contributed by atoms with van der Waals surface area (Å²) >= 11 is 0. The number of anilines is 2. The summed E-state index contributed by atoms with van der Waals surface area (Å²) in [6.45, 7) is 9.86. The van der Waals surface area contributed by atoms with Crippen molar-refractivity contribution in [2.75, 3.05) is 36.4 Å². The summed E-state index contributed by atoms with van der Waals surface area (Å²) in [4.78, 5) is 33.4. The number of benzene rings is 2. The number of amides is 2. The van der Waals surface area contributed by atoms with Gasteiger partial charge in [-0.25, -0.2) is 9.78 Å². The predicted molar refractivity (Wildman–Crippen MR) is 147 cm³/mol. The van der Waals surface area contributed by atoms with Gasteiger partial charge < -0.3 is 24.6 Å². The Morgan fingerprint density at radius 3 is 2.27 bits per heavy atom. The number of aromatic nitrogens is 1. The van der Waals surface area contributed by atoms with Gasteiger partial charge in [-0.05, 0) is 81.3 Å². The highest BCUT2D eigenvalue weighted by molar-refractivity contribution is 6.03. The Morgan fingerprint density at radius 1 is 0.975 bits per heavy atom. The third kappa shape index (κ3) is 7.87. The van der Waals surface area contributed by atoms with Crippen molar-refractivity contribution in [2.45, 2.75) is 39.7 Å². The number of nitrogens with zero attached hydrogens (tertiary/aromatic N) is 3. The van der Waals surface area contributed by atoms with E-state index in [-0.39, 0.29) is 17.7 Å². The first-order valence-electron chi connectivity index (χ1n) is 12.7. The van der Waals surface area contributed by atoms with Gasteiger partial charge in [-0.3, -0.25) is 4.79 Å². The van der Waals surface area contributed by atoms with E-state index in [9.17, 15) is 22.8 Å². The van der Waals surface area contributed by atoms with Gasteiger partial charge in [-0.2, -0.15) is 0 Å². The smallest absolute Gasteiger partial charge is 0.444 e. The normalized spacial score (nSPS) is 14.5. The molecule has 0 atom stereocenters. The molecule has 2 aromatic carbocycles. The van der Waals surface area contributed by atoms with Gasteiger partial charge in [0, 0.05) is 43.3 Å². The van der Waals surface area contributed by atoms with Crippen molar-refractivity contribution in [1.29, 1.82) is 0 Å². The molecule has 2 heterocycles. The molecular weight excluding hydrogens is 525 g/mol. The van der Waals surface area contributed by atoms with Gasteiger partial charge in [-0.15, -0.1) is 13.2 Å². The van der Waals surface area contributed by atoms with Crippen molar-refractivity contribution in [3.63, 3.8) is 0 Å². The second kappa shape index (κ2) is 11.4. The van der Waals surface area contributed by atoms with E-state index in [2.05, 4.69) is 15.0 Å². The fraction of sp³-hybridized carbons (Fsp3) is 0.345. The maximum atomic E-state index is 12.4. The molecule has 0 aliphatic carbocycles. The topological polar surface area (TPSA) is 84.0 Å². The fourth-order valence-electron chi connectivity index (χ4n) is 4.20. The highest BCUT2D eigenvalue weighted by Gasteiger charge is 2.31. The lowest BCUT2D eigenvalue weighted by Gasteiger charge is -2.36. The van der Waals surface area contributed by atoms with Crippen LogP contribution >= 0.6 is 0 Å². The molecule has 3 aromatic rings. The molecule has 0 spiro atoms. The minimum absolute atomic E-state index is 0.312. The summed E-state index contributed by atoms with van der Waals surface area (Å²) < 4.78 is 46.2. The largest absolute Gasteiger partial charge is 0.573 e. The fourth-order valence-corrected chi connectivity index (χ4v) is 4.20. The highest BCUT2D eigenvalue weighted by Crippen LogP contribution is 2.27. The third-order valence-corrected chi connectivity index (χ3v) is 6.07. The number of rotatable bonds is 5. The van der Waals surface area contributed by atoms with Crippen molar-refractivity contribution < 1.29 is 32.2 Å². The van der Waals surface area contributed by atoms with Crippen LogP contribution in [0, 0.1) is 6.92 Å². The van der Waals surface area contributed by atoms with E-state index in [1.54, 1.807) is 11.0 Å². The lowest BCUT2D eigenvalue weighted by Crippen LogP contribution is -2.50. The number of nitrogens with one attached hydrogen (secondary N) is 1. The summed E-state index contributed by atoms with van der Waals surface area (Å²) in [6, 6.07) is 12.6. The highest BCUT2D eigenvalue weighted by atomic mass is 19.4. The summed E-state index contributed by atoms with van der Waals surface area (Å²) in [6.07, 6.45) is -2.28. The monoisotopic (exact) mass is 556 g/mol. The molecule has 212 valence electrons. The number of ether oxygens (including phenoxy) is 2. The van der Waals surface area contributed by atoms with E-state index in [0.717, 1.165) is 22.3 Å². The van der Waals surface area contributed by atoms with Crippen LogP contribution in [0.3, 0.4) is 0 Å². The maximum absolute atomic E-state index is 12.4. The van der Waals surface area contributed by atoms with Crippen LogP contribution in [0.25, 0.3) is 17.0 Å². The minimum atomic E-state index is -4.76. The zero-order chi connectivity index (χ0) is 29.1. The summed E-state index contributed by atoms with van der Waals surface area (Å²) in [5.74, 6) is 0.0979. The molecule has 0 radical (unpaired) electrons. The van der Waals surface area contributed by atoms with Crippen LogP contribution in [0.5, 0.6) is 5.75 Å². The molecule has 4 rings (SSSR count). The van der Waals surface area contributed by atoms with Crippen molar-refractivity contribution in [2.24, 2.45) is 0 Å². The first-order chi connectivity index (χ1) is 18.8. The summed E-state index contributed by atoms with van der Waals surface area (Å²) in [5, 5.41) is 3.68. The minimum Gasteiger partial charge on any atom is -0.444 e. The van der Waals surface area contributed by atoms with Gasteiger partial charge in [0.2, 0.25) is 5.91 Å². The van der Waals surface area contributed by atoms with Gasteiger partial charge in [0.15, 0.2) is 0 Å². The van der Waals surface area contributed by atoms with Crippen molar-refractivity contribution in [3.8, 4) is 5.75 Å². The molecule has 1 aliphatic heterocycles. The van der Waals surface area contributed by atoms with Crippen LogP contribution in [0.2, 0.25) is 0 Å². The maximum Gasteiger partial charge on any atom is 0.573 e. The number of carbonyl (C=O) groups excluding carboxylic acids is 2. The molecule has 8 nitrogen and oxygen atoms in total. The Hall–Kier alpha value is -4.28. The number of fused-ring (bicyclic) bond motifs is 1. The molecule has 0 bridgehead atoms. The first-order valence-corrected chi connectivity index (χ1v) is 12.7. The van der Waals surface area contributed by atoms with Gasteiger partial charge in [0.1, 0.15) is 17.2 Å². The van der Waals surface area contributed by atoms with Crippen LogP contribution in [0.1, 0.15) is 31.9 Å². The molecule has 40 heavy (non-hydrogen) atoms. The zero-order valence-corrected chi connectivity index (χ0v) is 22.7. The standard InChI is InChI=1S/C29H31F3N4O4/c1-19-17-25(35-13-15-36(16-14-35)27(38)40-28(2,3)4)34-24-11-8-21(18-23(19)24)33-26(37)12-7-20-5-9-22(10-6-20)39-29(30,31)32/h5-12,17-18H,13-16H2,1-4H3,(H,33,37)/b12-7+. The van der Waals surface area contributed by atoms with Gasteiger partial charge in [0.25, 0.3) is 0 Å². The van der Waals surface area contributed by atoms with Gasteiger partial charge in [0.05, 0.1) is 5.52 Å². The summed E-state index contributed by atoms with van der Waals surface area (Å²) in [5.41, 5.74) is 2.36. The number of hydrogen-bond donors (Lipinski definition) is 1. The SMILES string of the molecule is Cc1cc(N2CCN(C(=O)OC(C)(C)C)CC2)nc2ccc(NC(=O)/C=C/c3ccc(OC(F)(F)F)cc3)cc12. The second-order valence-corrected chi connectivity index (χ2v) is 10.4. The van der Waals surface area contributed by atoms with E-state index < -0.39 is 12.0 Å². The third-order valence-electron chi connectivity index (χ3n) is 6.07. The molecule has 1 saturated heterocycles. The van der Waals surface area contributed by atoms with Gasteiger partial charge >= 0.3 is 12.5 Å². The average Bonchev–Trinajstić information content (AvgIpc) is 2.87. The number of alkyl halides is 3. The molecule has 1 N–H and O–H groups in total. The lowest BCUT2D eigenvalue weighted by atomic mass is 10.1. The first kappa shape index (κ1) is 28.7. The van der Waals surface area contributed by atoms with E-state index in [0.29, 0.717) is 37.4 Å². The summed E-state index contributed by atoms with van der Waals surface area (Å²) in [7, 11) is 0. The van der Waals surface area contributed by atoms with Crippen molar-refractivity contribution in [1.82, 2.24) is 9.88 Å². The number of pyridine rings is 1. The molecule has 2 amide bonds. The Balaban J connectivity index is 1.37. The number of halogens is 3. The number of piperazine rings is 1. The van der Waals surface area contributed by atoms with Crippen LogP contribution in [-0.2, 0) is 9.53 Å². The Bertz CT molecular complexity index is 1410. The Morgan fingerprint density at radius 2 is 1.65 bits per heavy atom. The number of carbonyl (C=O) groups is 2. The van der Waals surface area contributed by atoms with Crippen molar-refractivity contribution in [3.05, 3.63) is 65.7 Å². The molecule has 0 unspecified atom stereocenters. The molecule has 1 aliphatic rings. The lowest BCUT2D eigenvalue weighted by molar-refractivity contribution is -0.274. The molecule has 0 saturated carbocycles. The van der Waals surface area contributed by atoms with E-state index in [1.807, 2.05) is 45.9 Å². The van der Waals surface area contributed by atoms with E-state index >= 15 is 0 Å². The van der Waals surface area contributed by atoms with Crippen LogP contribution in [-0.4, -0.2) is 60.0 Å². The van der Waals surface area contributed by atoms with Crippen LogP contribution in [0.4, 0.5) is 29.5 Å². The second-order valence-electron chi connectivity index (χ2n) is 10.4. The quantitative estimate of drug-likeness (QED) is 0.380. The van der Waals surface area contributed by atoms with Crippen LogP contribution in [0.15, 0.2) is 54.6 Å². The van der Waals surface area contributed by atoms with E-state index in [4.69, 9.17) is 9.72 Å². The molecular formula is C29H31F3N4O4. The Kier molecular flexibility index (Phi) is 8.22. The number of aryl methyl sites for hydroxylation is 1. The number of hydrogen-bond acceptors (Lipinski definition) is 6. The Labute approximate surface area is 230 Å². The predicted octanol–water partition coefficient (Wildman–Crippen LogP) is 6.15. The van der Waals surface area contributed by atoms with Crippen molar-refractivity contribution >= 4 is 40.5 Å². The van der Waals surface area contributed by atoms with Crippen LogP contribution < -0.4 is 15.0 Å². The molecule has 1 fully saturated rings. The molecule has 1 aromatic heterocycles. The van der Waals surface area contributed by atoms with E-state index in [1.165, 1.54) is 36.4 Å². The van der Waals surface area contributed by atoms with Gasteiger partial charge in [-0.1, -0.05) is 12.1 Å². The average molecular weight is 557 g/mol. The zero-order valence-electron chi connectivity index (χ0n) is 22.7.